The van der Waals surface area contributed by atoms with E-state index in [1.54, 1.807) is 24.4 Å². The summed E-state index contributed by atoms with van der Waals surface area (Å²) in [5.74, 6) is -1.34. The smallest absolute Gasteiger partial charge is 0.263 e. The van der Waals surface area contributed by atoms with Gasteiger partial charge in [-0.25, -0.2) is 22.2 Å². The van der Waals surface area contributed by atoms with Crippen LogP contribution in [0.1, 0.15) is 5.69 Å². The molecule has 0 spiro atoms. The molecule has 0 saturated heterocycles. The fourth-order valence-corrected chi connectivity index (χ4v) is 4.35. The molecule has 0 bridgehead atoms. The molecule has 11 heteroatoms. The van der Waals surface area contributed by atoms with Gasteiger partial charge in [-0.2, -0.15) is 9.78 Å². The second-order valence-electron chi connectivity index (χ2n) is 5.79. The molecule has 0 radical (unpaired) electrons. The molecule has 144 valence electrons. The van der Waals surface area contributed by atoms with Gasteiger partial charge in [-0.1, -0.05) is 0 Å². The molecule has 0 fully saturated rings. The van der Waals surface area contributed by atoms with Crippen molar-refractivity contribution in [2.45, 2.75) is 11.8 Å². The van der Waals surface area contributed by atoms with Gasteiger partial charge < -0.3 is 4.42 Å². The van der Waals surface area contributed by atoms with Crippen LogP contribution in [-0.2, 0) is 10.0 Å². The van der Waals surface area contributed by atoms with Crippen LogP contribution in [0.2, 0.25) is 0 Å². The molecular weight excluding hydrogens is 410 g/mol. The van der Waals surface area contributed by atoms with E-state index in [4.69, 9.17) is 4.42 Å². The third-order valence-corrected chi connectivity index (χ3v) is 5.81. The predicted octanol–water partition coefficient (Wildman–Crippen LogP) is 3.98. The first-order valence-electron chi connectivity index (χ1n) is 7.87. The maximum Gasteiger partial charge on any atom is 0.263 e. The van der Waals surface area contributed by atoms with Crippen LogP contribution in [0.4, 0.5) is 14.6 Å². The van der Waals surface area contributed by atoms with Gasteiger partial charge in [0, 0.05) is 17.5 Å². The van der Waals surface area contributed by atoms with Crippen LogP contribution in [0.3, 0.4) is 0 Å². The van der Waals surface area contributed by atoms with Crippen LogP contribution in [-0.4, -0.2) is 23.2 Å². The van der Waals surface area contributed by atoms with Crippen molar-refractivity contribution < 1.29 is 21.6 Å². The molecule has 7 nitrogen and oxygen atoms in total. The van der Waals surface area contributed by atoms with E-state index in [2.05, 4.69) is 14.8 Å². The number of rotatable bonds is 5. The average molecular weight is 422 g/mol. The van der Waals surface area contributed by atoms with E-state index in [9.17, 15) is 17.2 Å². The third kappa shape index (κ3) is 3.53. The Hall–Kier alpha value is -3.05. The van der Waals surface area contributed by atoms with Gasteiger partial charge in [-0.05, 0) is 31.2 Å². The van der Waals surface area contributed by atoms with Crippen LogP contribution in [0, 0.1) is 18.6 Å². The number of hydrogen-bond acceptors (Lipinski definition) is 6. The highest BCUT2D eigenvalue weighted by atomic mass is 32.2. The Bertz CT molecular complexity index is 1230. The summed E-state index contributed by atoms with van der Waals surface area (Å²) < 4.78 is 60.9. The highest BCUT2D eigenvalue weighted by molar-refractivity contribution is 7.92. The highest BCUT2D eigenvalue weighted by Crippen LogP contribution is 2.27. The Morgan fingerprint density at radius 2 is 1.93 bits per heavy atom. The largest absolute Gasteiger partial charge is 0.463 e. The first kappa shape index (κ1) is 18.3. The van der Waals surface area contributed by atoms with E-state index in [1.807, 2.05) is 0 Å². The SMILES string of the molecule is Cc1cc(NS(=O)(=O)c2cc(F)cc(F)c2)n(-c2nc(-c3ccco3)cs2)n1. The molecule has 1 aromatic carbocycles. The lowest BCUT2D eigenvalue weighted by Gasteiger charge is -2.09. The quantitative estimate of drug-likeness (QED) is 0.526. The number of nitrogens with zero attached hydrogens (tertiary/aromatic N) is 3. The number of aromatic nitrogens is 3. The molecule has 1 N–H and O–H groups in total. The fraction of sp³-hybridized carbons (Fsp3) is 0.0588. The summed E-state index contributed by atoms with van der Waals surface area (Å²) in [4.78, 5) is 3.86. The number of aryl methyl sites for hydroxylation is 1. The van der Waals surface area contributed by atoms with Crippen LogP contribution < -0.4 is 4.72 Å². The van der Waals surface area contributed by atoms with Crippen molar-refractivity contribution in [3.8, 4) is 16.6 Å². The van der Waals surface area contributed by atoms with Crippen molar-refractivity contribution in [3.05, 3.63) is 65.4 Å². The summed E-state index contributed by atoms with van der Waals surface area (Å²) in [6.45, 7) is 1.68. The summed E-state index contributed by atoms with van der Waals surface area (Å²) in [5, 5.41) is 6.38. The minimum atomic E-state index is -4.24. The molecule has 3 aromatic heterocycles. The van der Waals surface area contributed by atoms with Gasteiger partial charge in [0.2, 0.25) is 5.13 Å². The van der Waals surface area contributed by atoms with Crippen LogP contribution in [0.25, 0.3) is 16.6 Å². The highest BCUT2D eigenvalue weighted by Gasteiger charge is 2.21. The zero-order chi connectivity index (χ0) is 19.9. The monoisotopic (exact) mass is 422 g/mol. The molecule has 0 unspecified atom stereocenters. The van der Waals surface area contributed by atoms with E-state index in [1.165, 1.54) is 28.3 Å². The van der Waals surface area contributed by atoms with Crippen LogP contribution in [0.5, 0.6) is 0 Å². The molecule has 3 heterocycles. The second kappa shape index (κ2) is 6.84. The Morgan fingerprint density at radius 3 is 2.61 bits per heavy atom. The Kier molecular flexibility index (Phi) is 4.47. The molecule has 0 saturated carbocycles. The topological polar surface area (TPSA) is 90.0 Å². The van der Waals surface area contributed by atoms with Crippen molar-refractivity contribution in [1.82, 2.24) is 14.8 Å². The second-order valence-corrected chi connectivity index (χ2v) is 8.30. The van der Waals surface area contributed by atoms with Crippen LogP contribution in [0.15, 0.2) is 57.4 Å². The number of benzene rings is 1. The average Bonchev–Trinajstić information content (AvgIpc) is 3.33. The van der Waals surface area contributed by atoms with E-state index in [0.29, 0.717) is 28.3 Å². The van der Waals surface area contributed by atoms with Gasteiger partial charge >= 0.3 is 0 Å². The summed E-state index contributed by atoms with van der Waals surface area (Å²) in [6.07, 6.45) is 1.52. The molecule has 0 amide bonds. The van der Waals surface area contributed by atoms with Gasteiger partial charge in [0.05, 0.1) is 16.9 Å². The minimum Gasteiger partial charge on any atom is -0.463 e. The van der Waals surface area contributed by atoms with Crippen molar-refractivity contribution in [2.75, 3.05) is 4.72 Å². The molecule has 0 aliphatic rings. The van der Waals surface area contributed by atoms with Gasteiger partial charge in [0.15, 0.2) is 5.76 Å². The third-order valence-electron chi connectivity index (χ3n) is 3.66. The van der Waals surface area contributed by atoms with E-state index < -0.39 is 26.6 Å². The van der Waals surface area contributed by atoms with Gasteiger partial charge in [-0.15, -0.1) is 11.3 Å². The normalized spacial score (nSPS) is 11.7. The number of nitrogens with one attached hydrogen (secondary N) is 1. The van der Waals surface area contributed by atoms with Crippen LogP contribution >= 0.6 is 11.3 Å². The molecule has 4 aromatic rings. The van der Waals surface area contributed by atoms with Gasteiger partial charge in [0.1, 0.15) is 23.1 Å². The van der Waals surface area contributed by atoms with Crippen molar-refractivity contribution in [1.29, 1.82) is 0 Å². The zero-order valence-corrected chi connectivity index (χ0v) is 15.9. The lowest BCUT2D eigenvalue weighted by molar-refractivity contribution is 0.568. The predicted molar refractivity (Wildman–Crippen MR) is 98.8 cm³/mol. The van der Waals surface area contributed by atoms with E-state index in [0.717, 1.165) is 12.1 Å². The Morgan fingerprint density at radius 1 is 1.18 bits per heavy atom. The molecule has 0 aliphatic carbocycles. The molecule has 28 heavy (non-hydrogen) atoms. The number of hydrogen-bond donors (Lipinski definition) is 1. The summed E-state index contributed by atoms with van der Waals surface area (Å²) in [5.41, 5.74) is 1.09. The van der Waals surface area contributed by atoms with Crippen molar-refractivity contribution in [3.63, 3.8) is 0 Å². The van der Waals surface area contributed by atoms with Crippen molar-refractivity contribution >= 4 is 27.2 Å². The minimum absolute atomic E-state index is 0.0857. The van der Waals surface area contributed by atoms with E-state index in [-0.39, 0.29) is 5.82 Å². The van der Waals surface area contributed by atoms with E-state index >= 15 is 0 Å². The Labute approximate surface area is 162 Å². The maximum absolute atomic E-state index is 13.4. The molecule has 0 atom stereocenters. The zero-order valence-electron chi connectivity index (χ0n) is 14.3. The lowest BCUT2D eigenvalue weighted by Crippen LogP contribution is -2.16. The first-order chi connectivity index (χ1) is 13.3. The number of anilines is 1. The number of thiazole rings is 1. The molecular formula is C17H12F2N4O3S2. The number of halogens is 2. The number of sulfonamides is 1. The lowest BCUT2D eigenvalue weighted by atomic mass is 10.3. The van der Waals surface area contributed by atoms with Gasteiger partial charge in [-0.3, -0.25) is 4.72 Å². The summed E-state index contributed by atoms with van der Waals surface area (Å²) >= 11 is 1.23. The fourth-order valence-electron chi connectivity index (χ4n) is 2.50. The standard InChI is InChI=1S/C17H12F2N4O3S2/c1-10-5-16(22-28(24,25)13-7-11(18)6-12(19)8-13)23(21-10)17-20-14(9-27-17)15-3-2-4-26-15/h2-9,22H,1H3. The molecule has 4 rings (SSSR count). The van der Waals surface area contributed by atoms with Gasteiger partial charge in [0.25, 0.3) is 10.0 Å². The van der Waals surface area contributed by atoms with Crippen molar-refractivity contribution in [2.24, 2.45) is 0 Å². The Balaban J connectivity index is 1.70. The maximum atomic E-state index is 13.4. The number of furan rings is 1. The molecule has 0 aliphatic heterocycles. The summed E-state index contributed by atoms with van der Waals surface area (Å²) in [6, 6.07) is 7.02. The first-order valence-corrected chi connectivity index (χ1v) is 10.2. The summed E-state index contributed by atoms with van der Waals surface area (Å²) in [7, 11) is -4.24.